The molecule has 9 heteroatoms. The van der Waals surface area contributed by atoms with Crippen molar-refractivity contribution in [3.05, 3.63) is 16.0 Å². The van der Waals surface area contributed by atoms with Crippen molar-refractivity contribution in [2.24, 2.45) is 0 Å². The van der Waals surface area contributed by atoms with Crippen LogP contribution in [0.4, 0.5) is 5.00 Å². The lowest BCUT2D eigenvalue weighted by Crippen LogP contribution is -2.52. The zero-order chi connectivity index (χ0) is 15.6. The minimum atomic E-state index is -0.779. The molecular weight excluding hydrogens is 318 g/mol. The van der Waals surface area contributed by atoms with E-state index in [2.05, 4.69) is 16.0 Å². The van der Waals surface area contributed by atoms with Crippen LogP contribution >= 0.6 is 22.9 Å². The first-order chi connectivity index (χ1) is 9.86. The van der Waals surface area contributed by atoms with Crippen LogP contribution in [0.25, 0.3) is 0 Å². The summed E-state index contributed by atoms with van der Waals surface area (Å²) < 4.78 is 0.340. The van der Waals surface area contributed by atoms with Crippen molar-refractivity contribution in [3.63, 3.8) is 0 Å². The van der Waals surface area contributed by atoms with E-state index in [1.165, 1.54) is 13.0 Å². The molecule has 0 aromatic carbocycles. The Balaban J connectivity index is 2.11. The van der Waals surface area contributed by atoms with Crippen molar-refractivity contribution < 1.29 is 19.2 Å². The molecule has 3 N–H and O–H groups in total. The summed E-state index contributed by atoms with van der Waals surface area (Å²) in [5.41, 5.74) is 0.185. The van der Waals surface area contributed by atoms with E-state index in [9.17, 15) is 19.2 Å². The summed E-state index contributed by atoms with van der Waals surface area (Å²) in [4.78, 5) is 45.9. The molecule has 1 unspecified atom stereocenters. The van der Waals surface area contributed by atoms with E-state index in [0.29, 0.717) is 9.34 Å². The van der Waals surface area contributed by atoms with Gasteiger partial charge in [0.1, 0.15) is 11.0 Å². The van der Waals surface area contributed by atoms with E-state index in [1.807, 2.05) is 0 Å². The number of amides is 4. The van der Waals surface area contributed by atoms with Crippen LogP contribution in [0.2, 0.25) is 4.34 Å². The lowest BCUT2D eigenvalue weighted by atomic mass is 10.1. The summed E-state index contributed by atoms with van der Waals surface area (Å²) in [5, 5.41) is 7.51. The normalized spacial score (nSPS) is 18.1. The predicted molar refractivity (Wildman–Crippen MR) is 77.3 cm³/mol. The van der Waals surface area contributed by atoms with Crippen molar-refractivity contribution in [2.45, 2.75) is 25.8 Å². The Labute approximate surface area is 129 Å². The molecule has 2 heterocycles. The number of piperidine rings is 1. The third-order valence-corrected chi connectivity index (χ3v) is 3.96. The van der Waals surface area contributed by atoms with Crippen molar-refractivity contribution >= 4 is 51.6 Å². The number of nitrogens with one attached hydrogen (secondary N) is 3. The first-order valence-corrected chi connectivity index (χ1v) is 7.27. The average Bonchev–Trinajstić information content (AvgIpc) is 2.73. The number of hydrogen-bond acceptors (Lipinski definition) is 5. The summed E-state index contributed by atoms with van der Waals surface area (Å²) in [5.74, 6) is -1.76. The van der Waals surface area contributed by atoms with Crippen molar-refractivity contribution in [1.29, 1.82) is 0 Å². The second-order valence-electron chi connectivity index (χ2n) is 4.45. The fourth-order valence-electron chi connectivity index (χ4n) is 1.85. The summed E-state index contributed by atoms with van der Waals surface area (Å²) in [6.45, 7) is 1.31. The number of anilines is 1. The molecule has 1 fully saturated rings. The molecule has 1 aliphatic rings. The summed E-state index contributed by atoms with van der Waals surface area (Å²) in [6, 6.07) is 0.637. The monoisotopic (exact) mass is 329 g/mol. The van der Waals surface area contributed by atoms with Gasteiger partial charge in [0.2, 0.25) is 17.7 Å². The number of halogens is 1. The third kappa shape index (κ3) is 3.79. The number of thiophene rings is 1. The van der Waals surface area contributed by atoms with Gasteiger partial charge < -0.3 is 10.6 Å². The molecule has 0 spiro atoms. The van der Waals surface area contributed by atoms with Crippen LogP contribution in [-0.2, 0) is 14.4 Å². The highest BCUT2D eigenvalue weighted by Crippen LogP contribution is 2.31. The van der Waals surface area contributed by atoms with Gasteiger partial charge in [-0.2, -0.15) is 0 Å². The number of carbonyl (C=O) groups excluding carboxylic acids is 4. The van der Waals surface area contributed by atoms with E-state index in [1.54, 1.807) is 0 Å². The molecular formula is C12H12ClN3O4S. The maximum absolute atomic E-state index is 12.2. The fraction of sp³-hybridized carbons (Fsp3) is 0.333. The number of imide groups is 1. The molecule has 0 aliphatic carbocycles. The largest absolute Gasteiger partial charge is 0.340 e. The van der Waals surface area contributed by atoms with Gasteiger partial charge in [0.15, 0.2) is 0 Å². The van der Waals surface area contributed by atoms with E-state index in [-0.39, 0.29) is 30.2 Å². The Kier molecular flexibility index (Phi) is 4.59. The zero-order valence-electron chi connectivity index (χ0n) is 11.0. The zero-order valence-corrected chi connectivity index (χ0v) is 12.6. The van der Waals surface area contributed by atoms with Gasteiger partial charge >= 0.3 is 0 Å². The number of hydrogen-bond donors (Lipinski definition) is 3. The van der Waals surface area contributed by atoms with Crippen LogP contribution in [0.3, 0.4) is 0 Å². The molecule has 0 saturated carbocycles. The highest BCUT2D eigenvalue weighted by Gasteiger charge is 2.29. The van der Waals surface area contributed by atoms with Gasteiger partial charge in [-0.1, -0.05) is 11.6 Å². The SMILES string of the molecule is CC(=O)Nc1sc(Cl)cc1C(=O)NC1CCC(=O)NC1=O. The van der Waals surface area contributed by atoms with Gasteiger partial charge in [-0.15, -0.1) is 11.3 Å². The minimum Gasteiger partial charge on any atom is -0.340 e. The van der Waals surface area contributed by atoms with Crippen molar-refractivity contribution in [3.8, 4) is 0 Å². The number of carbonyl (C=O) groups is 4. The van der Waals surface area contributed by atoms with Gasteiger partial charge in [0, 0.05) is 13.3 Å². The van der Waals surface area contributed by atoms with Crippen molar-refractivity contribution in [1.82, 2.24) is 10.6 Å². The summed E-state index contributed by atoms with van der Waals surface area (Å²) in [7, 11) is 0. The van der Waals surface area contributed by atoms with E-state index >= 15 is 0 Å². The highest BCUT2D eigenvalue weighted by atomic mass is 35.5. The van der Waals surface area contributed by atoms with E-state index < -0.39 is 17.9 Å². The Morgan fingerprint density at radius 2 is 2.14 bits per heavy atom. The van der Waals surface area contributed by atoms with Gasteiger partial charge in [0.25, 0.3) is 5.91 Å². The topological polar surface area (TPSA) is 104 Å². The van der Waals surface area contributed by atoms with Crippen molar-refractivity contribution in [2.75, 3.05) is 5.32 Å². The third-order valence-electron chi connectivity index (χ3n) is 2.78. The first kappa shape index (κ1) is 15.5. The Bertz CT molecular complexity index is 628. The molecule has 1 atom stereocenters. The lowest BCUT2D eigenvalue weighted by Gasteiger charge is -2.21. The Morgan fingerprint density at radius 3 is 2.76 bits per heavy atom. The van der Waals surface area contributed by atoms with Gasteiger partial charge in [-0.25, -0.2) is 0 Å². The first-order valence-electron chi connectivity index (χ1n) is 6.08. The summed E-state index contributed by atoms with van der Waals surface area (Å²) >= 11 is 6.90. The summed E-state index contributed by atoms with van der Waals surface area (Å²) in [6.07, 6.45) is 0.406. The van der Waals surface area contributed by atoms with Crippen LogP contribution in [-0.4, -0.2) is 29.7 Å². The molecule has 0 bridgehead atoms. The van der Waals surface area contributed by atoms with Crippen LogP contribution in [0, 0.1) is 0 Å². The molecule has 2 rings (SSSR count). The fourth-order valence-corrected chi connectivity index (χ4v) is 3.02. The molecule has 0 radical (unpaired) electrons. The minimum absolute atomic E-state index is 0.166. The van der Waals surface area contributed by atoms with Crippen LogP contribution in [0.5, 0.6) is 0 Å². The Morgan fingerprint density at radius 1 is 1.43 bits per heavy atom. The molecule has 1 saturated heterocycles. The highest BCUT2D eigenvalue weighted by molar-refractivity contribution is 7.20. The quantitative estimate of drug-likeness (QED) is 0.716. The average molecular weight is 330 g/mol. The maximum Gasteiger partial charge on any atom is 0.254 e. The number of rotatable bonds is 3. The van der Waals surface area contributed by atoms with E-state index in [0.717, 1.165) is 11.3 Å². The van der Waals surface area contributed by atoms with Gasteiger partial charge in [0.05, 0.1) is 9.90 Å². The molecule has 7 nitrogen and oxygen atoms in total. The second kappa shape index (κ2) is 6.23. The molecule has 21 heavy (non-hydrogen) atoms. The molecule has 112 valence electrons. The van der Waals surface area contributed by atoms with Gasteiger partial charge in [-0.3, -0.25) is 24.5 Å². The smallest absolute Gasteiger partial charge is 0.254 e. The predicted octanol–water partition coefficient (Wildman–Crippen LogP) is 0.895. The molecule has 4 amide bonds. The molecule has 1 aliphatic heterocycles. The maximum atomic E-state index is 12.2. The second-order valence-corrected chi connectivity index (χ2v) is 6.14. The van der Waals surface area contributed by atoms with Gasteiger partial charge in [-0.05, 0) is 12.5 Å². The standard InChI is InChI=1S/C12H12ClN3O4S/c1-5(17)14-12-6(4-8(13)21-12)10(19)15-7-2-3-9(18)16-11(7)20/h4,7H,2-3H2,1H3,(H,14,17)(H,15,19)(H,16,18,20). The Hall–Kier alpha value is -1.93. The van der Waals surface area contributed by atoms with Crippen LogP contribution in [0.1, 0.15) is 30.1 Å². The van der Waals surface area contributed by atoms with Crippen LogP contribution in [0.15, 0.2) is 6.07 Å². The van der Waals surface area contributed by atoms with E-state index in [4.69, 9.17) is 11.6 Å². The molecule has 1 aromatic heterocycles. The van der Waals surface area contributed by atoms with Crippen LogP contribution < -0.4 is 16.0 Å². The lowest BCUT2D eigenvalue weighted by molar-refractivity contribution is -0.134. The molecule has 1 aromatic rings.